The molecule has 0 saturated heterocycles. The minimum absolute atomic E-state index is 0.0234. The van der Waals surface area contributed by atoms with Crippen molar-refractivity contribution in [3.05, 3.63) is 24.3 Å². The summed E-state index contributed by atoms with van der Waals surface area (Å²) < 4.78 is 34.0. The van der Waals surface area contributed by atoms with Gasteiger partial charge in [-0.3, -0.25) is 9.59 Å². The monoisotopic (exact) mass is 838 g/mol. The lowest BCUT2D eigenvalue weighted by Gasteiger charge is -2.20. The number of rotatable bonds is 44. The molecule has 346 valence electrons. The van der Waals surface area contributed by atoms with E-state index in [1.54, 1.807) is 0 Å². The molecule has 59 heavy (non-hydrogen) atoms. The first-order chi connectivity index (χ1) is 28.9. The molecule has 0 saturated carbocycles. The molecule has 0 aromatic carbocycles. The lowest BCUT2D eigenvalue weighted by molar-refractivity contribution is -0.161. The largest absolute Gasteiger partial charge is 0.508 e. The van der Waals surface area contributed by atoms with Crippen LogP contribution in [0, 0.1) is 5.92 Å². The van der Waals surface area contributed by atoms with Gasteiger partial charge in [0, 0.05) is 32.6 Å². The smallest absolute Gasteiger partial charge is 0.465 e. The van der Waals surface area contributed by atoms with Crippen molar-refractivity contribution in [3.63, 3.8) is 0 Å². The summed E-state index contributed by atoms with van der Waals surface area (Å²) in [4.78, 5) is 40.1. The second-order valence-corrected chi connectivity index (χ2v) is 15.9. The van der Waals surface area contributed by atoms with E-state index in [-0.39, 0.29) is 38.8 Å². The average molecular weight is 838 g/mol. The molecule has 0 fully saturated rings. The minimum Gasteiger partial charge on any atom is -0.465 e. The number of ether oxygens (including phenoxy) is 6. The molecule has 0 aliphatic rings. The molecule has 0 heterocycles. The van der Waals surface area contributed by atoms with Crippen LogP contribution in [0.1, 0.15) is 202 Å². The SMILES string of the molecule is CCCCC/C=C\C/C=C\CCCCCCCC(=O)OCC(COC(=O)CCC(OCCCCCCCC)OCCCCCCCC)COC(=O)OCCN(CC)CC. The second kappa shape index (κ2) is 45.1. The summed E-state index contributed by atoms with van der Waals surface area (Å²) in [5, 5.41) is 0. The summed E-state index contributed by atoms with van der Waals surface area (Å²) in [6, 6.07) is 0. The summed E-state index contributed by atoms with van der Waals surface area (Å²) in [5.41, 5.74) is 0. The molecular weight excluding hydrogens is 747 g/mol. The van der Waals surface area contributed by atoms with Gasteiger partial charge in [-0.25, -0.2) is 4.79 Å². The van der Waals surface area contributed by atoms with E-state index in [9.17, 15) is 14.4 Å². The van der Waals surface area contributed by atoms with Gasteiger partial charge in [-0.1, -0.05) is 155 Å². The predicted molar refractivity (Wildman–Crippen MR) is 242 cm³/mol. The van der Waals surface area contributed by atoms with E-state index in [0.29, 0.717) is 32.6 Å². The van der Waals surface area contributed by atoms with E-state index >= 15 is 0 Å². The Morgan fingerprint density at radius 3 is 1.49 bits per heavy atom. The van der Waals surface area contributed by atoms with E-state index in [4.69, 9.17) is 28.4 Å². The van der Waals surface area contributed by atoms with Gasteiger partial charge in [-0.2, -0.15) is 0 Å². The van der Waals surface area contributed by atoms with Gasteiger partial charge in [0.15, 0.2) is 6.29 Å². The fourth-order valence-electron chi connectivity index (χ4n) is 6.46. The fourth-order valence-corrected chi connectivity index (χ4v) is 6.46. The molecular formula is C49H91NO9. The third-order valence-corrected chi connectivity index (χ3v) is 10.4. The summed E-state index contributed by atoms with van der Waals surface area (Å²) in [5.74, 6) is -1.22. The molecule has 0 radical (unpaired) electrons. The fraction of sp³-hybridized carbons (Fsp3) is 0.857. The molecule has 0 spiro atoms. The third kappa shape index (κ3) is 40.7. The summed E-state index contributed by atoms with van der Waals surface area (Å²) in [7, 11) is 0. The van der Waals surface area contributed by atoms with Crippen LogP contribution in [0.15, 0.2) is 24.3 Å². The molecule has 0 N–H and O–H groups in total. The van der Waals surface area contributed by atoms with E-state index in [1.807, 2.05) is 0 Å². The minimum atomic E-state index is -0.794. The summed E-state index contributed by atoms with van der Waals surface area (Å²) in [6.07, 6.45) is 35.0. The molecule has 0 aromatic rings. The zero-order valence-electron chi connectivity index (χ0n) is 38.8. The first-order valence-electron chi connectivity index (χ1n) is 24.3. The maximum atomic E-state index is 12.9. The topological polar surface area (TPSA) is 110 Å². The number of allylic oxidation sites excluding steroid dienone is 4. The number of unbranched alkanes of at least 4 members (excludes halogenated alkanes) is 18. The maximum absolute atomic E-state index is 12.9. The van der Waals surface area contributed by atoms with Gasteiger partial charge in [0.05, 0.1) is 12.3 Å². The Hall–Kier alpha value is -2.43. The van der Waals surface area contributed by atoms with Gasteiger partial charge in [-0.05, 0) is 64.5 Å². The molecule has 0 amide bonds. The van der Waals surface area contributed by atoms with Crippen LogP contribution in [0.3, 0.4) is 0 Å². The van der Waals surface area contributed by atoms with E-state index in [0.717, 1.165) is 83.7 Å². The standard InChI is InChI=1S/C49H91NO9/c1-6-11-14-17-20-21-22-23-24-25-26-27-28-29-32-35-46(51)57-42-45(44-59-49(53)56-41-38-50(9-4)10-5)43-58-47(52)36-37-48(54-39-33-30-18-15-12-7-2)55-40-34-31-19-16-13-8-3/h20-21,23-24,45,48H,6-19,22,25-44H2,1-5H3/b21-20-,24-23-. The molecule has 0 bridgehead atoms. The van der Waals surface area contributed by atoms with Crippen LogP contribution in [0.2, 0.25) is 0 Å². The van der Waals surface area contributed by atoms with Crippen molar-refractivity contribution in [2.45, 2.75) is 208 Å². The van der Waals surface area contributed by atoms with E-state index in [2.05, 4.69) is 63.8 Å². The van der Waals surface area contributed by atoms with Gasteiger partial charge in [0.2, 0.25) is 0 Å². The zero-order chi connectivity index (χ0) is 43.3. The number of nitrogens with zero attached hydrogens (tertiary/aromatic N) is 1. The van der Waals surface area contributed by atoms with Crippen molar-refractivity contribution in [1.29, 1.82) is 0 Å². The predicted octanol–water partition coefficient (Wildman–Crippen LogP) is 12.9. The van der Waals surface area contributed by atoms with E-state index < -0.39 is 24.3 Å². The summed E-state index contributed by atoms with van der Waals surface area (Å²) in [6.45, 7) is 14.4. The van der Waals surface area contributed by atoms with Gasteiger partial charge in [-0.15, -0.1) is 0 Å². The van der Waals surface area contributed by atoms with Crippen LogP contribution >= 0.6 is 0 Å². The first kappa shape index (κ1) is 56.6. The van der Waals surface area contributed by atoms with Crippen molar-refractivity contribution in [3.8, 4) is 0 Å². The number of esters is 2. The molecule has 0 aliphatic heterocycles. The molecule has 0 aromatic heterocycles. The van der Waals surface area contributed by atoms with Gasteiger partial charge in [0.25, 0.3) is 0 Å². The Kier molecular flexibility index (Phi) is 43.2. The molecule has 0 aliphatic carbocycles. The average Bonchev–Trinajstić information content (AvgIpc) is 3.24. The van der Waals surface area contributed by atoms with Crippen LogP contribution in [0.25, 0.3) is 0 Å². The highest BCUT2D eigenvalue weighted by molar-refractivity contribution is 5.69. The van der Waals surface area contributed by atoms with Crippen LogP contribution < -0.4 is 0 Å². The quantitative estimate of drug-likeness (QED) is 0.0193. The number of carbonyl (C=O) groups is 3. The van der Waals surface area contributed by atoms with Gasteiger partial charge >= 0.3 is 18.1 Å². The number of likely N-dealkylation sites (N-methyl/N-ethyl adjacent to an activating group) is 1. The van der Waals surface area contributed by atoms with Crippen molar-refractivity contribution >= 4 is 18.1 Å². The van der Waals surface area contributed by atoms with Crippen LogP contribution in [-0.2, 0) is 38.0 Å². The van der Waals surface area contributed by atoms with Crippen molar-refractivity contribution in [2.24, 2.45) is 5.92 Å². The zero-order valence-corrected chi connectivity index (χ0v) is 38.8. The first-order valence-corrected chi connectivity index (χ1v) is 24.3. The number of hydrogen-bond acceptors (Lipinski definition) is 10. The highest BCUT2D eigenvalue weighted by atomic mass is 16.7. The Morgan fingerprint density at radius 2 is 0.932 bits per heavy atom. The maximum Gasteiger partial charge on any atom is 0.508 e. The molecule has 10 heteroatoms. The Bertz CT molecular complexity index is 982. The highest BCUT2D eigenvalue weighted by Gasteiger charge is 2.20. The van der Waals surface area contributed by atoms with Crippen molar-refractivity contribution in [2.75, 3.05) is 59.3 Å². The molecule has 1 atom stereocenters. The Balaban J connectivity index is 4.82. The Morgan fingerprint density at radius 1 is 0.475 bits per heavy atom. The van der Waals surface area contributed by atoms with Gasteiger partial charge in [0.1, 0.15) is 26.4 Å². The van der Waals surface area contributed by atoms with Crippen LogP contribution in [-0.4, -0.2) is 88.6 Å². The summed E-state index contributed by atoms with van der Waals surface area (Å²) >= 11 is 0. The Labute approximate surface area is 362 Å². The molecule has 10 nitrogen and oxygen atoms in total. The molecule has 0 rings (SSSR count). The molecule has 1 unspecified atom stereocenters. The highest BCUT2D eigenvalue weighted by Crippen LogP contribution is 2.14. The number of hydrogen-bond donors (Lipinski definition) is 0. The van der Waals surface area contributed by atoms with Crippen molar-refractivity contribution in [1.82, 2.24) is 4.90 Å². The van der Waals surface area contributed by atoms with Crippen LogP contribution in [0.4, 0.5) is 4.79 Å². The lowest BCUT2D eigenvalue weighted by Crippen LogP contribution is -2.29. The number of carbonyl (C=O) groups excluding carboxylic acids is 3. The normalized spacial score (nSPS) is 12.3. The third-order valence-electron chi connectivity index (χ3n) is 10.4. The van der Waals surface area contributed by atoms with Crippen LogP contribution in [0.5, 0.6) is 0 Å². The van der Waals surface area contributed by atoms with Gasteiger partial charge < -0.3 is 33.3 Å². The van der Waals surface area contributed by atoms with Crippen molar-refractivity contribution < 1.29 is 42.8 Å². The van der Waals surface area contributed by atoms with E-state index in [1.165, 1.54) is 77.0 Å². The lowest BCUT2D eigenvalue weighted by atomic mass is 10.1. The second-order valence-electron chi connectivity index (χ2n) is 15.9.